The van der Waals surface area contributed by atoms with E-state index >= 15 is 0 Å². The summed E-state index contributed by atoms with van der Waals surface area (Å²) in [7, 11) is 1.64. The molecule has 3 rings (SSSR count). The molecule has 0 amide bonds. The smallest absolute Gasteiger partial charge is 0.255 e. The Hall–Kier alpha value is -2.25. The number of aromatic amines is 1. The molecule has 7 heteroatoms. The highest BCUT2D eigenvalue weighted by Gasteiger charge is 2.10. The first-order valence-electron chi connectivity index (χ1n) is 9.27. The van der Waals surface area contributed by atoms with Crippen LogP contribution in [-0.2, 0) is 12.2 Å². The first-order chi connectivity index (χ1) is 14.0. The van der Waals surface area contributed by atoms with Crippen LogP contribution in [0.5, 0.6) is 11.5 Å². The van der Waals surface area contributed by atoms with Crippen LogP contribution in [-0.4, -0.2) is 23.7 Å². The number of hydrogen-bond donors (Lipinski definition) is 1. The molecule has 1 aromatic heterocycles. The zero-order valence-corrected chi connectivity index (χ0v) is 19.0. The molecule has 2 aromatic carbocycles. The quantitative estimate of drug-likeness (QED) is 0.362. The third-order valence-electron chi connectivity index (χ3n) is 4.41. The minimum atomic E-state index is -0.0928. The van der Waals surface area contributed by atoms with Crippen molar-refractivity contribution < 1.29 is 9.47 Å². The number of methoxy groups -OCH3 is 1. The molecule has 0 aliphatic carbocycles. The standard InChI is InChI=1S/C22H23BrN2O3S/c1-4-28-17-8-5-15(6-9-17)11-18-14(2)24-22(25-21(18)26)29-13-16-7-10-20(27-3)19(23)12-16/h5-10,12H,4,11,13H2,1-3H3,(H,24,25,26). The van der Waals surface area contributed by atoms with Crippen molar-refractivity contribution in [2.45, 2.75) is 31.2 Å². The Labute approximate surface area is 183 Å². The van der Waals surface area contributed by atoms with Crippen LogP contribution in [0.1, 0.15) is 29.3 Å². The summed E-state index contributed by atoms with van der Waals surface area (Å²) < 4.78 is 11.6. The molecule has 0 saturated heterocycles. The topological polar surface area (TPSA) is 64.2 Å². The normalized spacial score (nSPS) is 10.8. The summed E-state index contributed by atoms with van der Waals surface area (Å²) in [6.45, 7) is 4.47. The fourth-order valence-electron chi connectivity index (χ4n) is 2.89. The molecule has 0 saturated carbocycles. The van der Waals surface area contributed by atoms with Crippen molar-refractivity contribution >= 4 is 27.7 Å². The fourth-order valence-corrected chi connectivity index (χ4v) is 4.32. The van der Waals surface area contributed by atoms with Gasteiger partial charge in [0.15, 0.2) is 5.16 Å². The Morgan fingerprint density at radius 3 is 2.48 bits per heavy atom. The zero-order chi connectivity index (χ0) is 20.8. The number of thioether (sulfide) groups is 1. The third kappa shape index (κ3) is 5.64. The number of ether oxygens (including phenoxy) is 2. The maximum absolute atomic E-state index is 12.6. The van der Waals surface area contributed by atoms with Gasteiger partial charge in [-0.2, -0.15) is 0 Å². The molecular formula is C22H23BrN2O3S. The Morgan fingerprint density at radius 1 is 1.14 bits per heavy atom. The number of aromatic nitrogens is 2. The third-order valence-corrected chi connectivity index (χ3v) is 5.97. The summed E-state index contributed by atoms with van der Waals surface area (Å²) in [5.41, 5.74) is 3.50. The molecule has 0 aliphatic heterocycles. The molecule has 1 N–H and O–H groups in total. The number of nitrogens with zero attached hydrogens (tertiary/aromatic N) is 1. The second kappa shape index (κ2) is 9.98. The molecular weight excluding hydrogens is 452 g/mol. The Morgan fingerprint density at radius 2 is 1.86 bits per heavy atom. The van der Waals surface area contributed by atoms with E-state index < -0.39 is 0 Å². The van der Waals surface area contributed by atoms with E-state index in [4.69, 9.17) is 9.47 Å². The lowest BCUT2D eigenvalue weighted by molar-refractivity contribution is 0.340. The molecule has 0 fully saturated rings. The van der Waals surface area contributed by atoms with Crippen LogP contribution in [0, 0.1) is 6.92 Å². The molecule has 152 valence electrons. The van der Waals surface area contributed by atoms with Gasteiger partial charge in [0.05, 0.1) is 18.2 Å². The molecule has 0 radical (unpaired) electrons. The van der Waals surface area contributed by atoms with Crippen molar-refractivity contribution in [2.75, 3.05) is 13.7 Å². The van der Waals surface area contributed by atoms with Crippen molar-refractivity contribution in [1.29, 1.82) is 0 Å². The first kappa shape index (κ1) is 21.5. The molecule has 0 spiro atoms. The number of halogens is 1. The van der Waals surface area contributed by atoms with Gasteiger partial charge in [-0.1, -0.05) is 30.0 Å². The van der Waals surface area contributed by atoms with E-state index in [0.717, 1.165) is 32.8 Å². The summed E-state index contributed by atoms with van der Waals surface area (Å²) in [6, 6.07) is 13.7. The number of aryl methyl sites for hydroxylation is 1. The predicted octanol–water partition coefficient (Wildman–Crippen LogP) is 5.13. The van der Waals surface area contributed by atoms with Gasteiger partial charge in [0.1, 0.15) is 11.5 Å². The van der Waals surface area contributed by atoms with E-state index in [-0.39, 0.29) is 5.56 Å². The number of rotatable bonds is 8. The summed E-state index contributed by atoms with van der Waals surface area (Å²) in [5.74, 6) is 2.32. The van der Waals surface area contributed by atoms with Gasteiger partial charge in [0.2, 0.25) is 0 Å². The van der Waals surface area contributed by atoms with E-state index in [1.165, 1.54) is 11.8 Å². The van der Waals surface area contributed by atoms with Gasteiger partial charge in [-0.3, -0.25) is 4.79 Å². The maximum Gasteiger partial charge on any atom is 0.255 e. The molecule has 1 heterocycles. The fraction of sp³-hybridized carbons (Fsp3) is 0.273. The zero-order valence-electron chi connectivity index (χ0n) is 16.6. The van der Waals surface area contributed by atoms with Crippen LogP contribution in [0.25, 0.3) is 0 Å². The maximum atomic E-state index is 12.6. The summed E-state index contributed by atoms with van der Waals surface area (Å²) in [4.78, 5) is 20.1. The van der Waals surface area contributed by atoms with Gasteiger partial charge in [-0.15, -0.1) is 0 Å². The number of H-pyrrole nitrogens is 1. The number of nitrogens with one attached hydrogen (secondary N) is 1. The first-order valence-corrected chi connectivity index (χ1v) is 11.0. The van der Waals surface area contributed by atoms with Crippen LogP contribution in [0.15, 0.2) is 56.9 Å². The van der Waals surface area contributed by atoms with E-state index in [2.05, 4.69) is 25.9 Å². The van der Waals surface area contributed by atoms with Gasteiger partial charge in [0, 0.05) is 23.4 Å². The van der Waals surface area contributed by atoms with Crippen molar-refractivity contribution in [3.8, 4) is 11.5 Å². The molecule has 3 aromatic rings. The average Bonchev–Trinajstić information content (AvgIpc) is 2.71. The van der Waals surface area contributed by atoms with Gasteiger partial charge in [0.25, 0.3) is 5.56 Å². The molecule has 0 atom stereocenters. The van der Waals surface area contributed by atoms with Gasteiger partial charge in [-0.05, 0) is 65.2 Å². The minimum Gasteiger partial charge on any atom is -0.496 e. The summed E-state index contributed by atoms with van der Waals surface area (Å²) in [6.07, 6.45) is 0.539. The van der Waals surface area contributed by atoms with E-state index in [1.807, 2.05) is 56.3 Å². The predicted molar refractivity (Wildman–Crippen MR) is 120 cm³/mol. The summed E-state index contributed by atoms with van der Waals surface area (Å²) >= 11 is 5.00. The van der Waals surface area contributed by atoms with E-state index in [0.29, 0.717) is 29.5 Å². The monoisotopic (exact) mass is 474 g/mol. The van der Waals surface area contributed by atoms with Crippen molar-refractivity contribution in [3.05, 3.63) is 79.7 Å². The molecule has 0 unspecified atom stereocenters. The van der Waals surface area contributed by atoms with Crippen molar-refractivity contribution in [2.24, 2.45) is 0 Å². The highest BCUT2D eigenvalue weighted by atomic mass is 79.9. The highest BCUT2D eigenvalue weighted by molar-refractivity contribution is 9.10. The number of benzene rings is 2. The SMILES string of the molecule is CCOc1ccc(Cc2c(C)nc(SCc3ccc(OC)c(Br)c3)[nH]c2=O)cc1. The lowest BCUT2D eigenvalue weighted by Crippen LogP contribution is -2.17. The van der Waals surface area contributed by atoms with Gasteiger partial charge >= 0.3 is 0 Å². The van der Waals surface area contributed by atoms with Crippen LogP contribution >= 0.6 is 27.7 Å². The van der Waals surface area contributed by atoms with E-state index in [1.54, 1.807) is 7.11 Å². The van der Waals surface area contributed by atoms with Crippen LogP contribution < -0.4 is 15.0 Å². The molecule has 5 nitrogen and oxygen atoms in total. The number of hydrogen-bond acceptors (Lipinski definition) is 5. The second-order valence-electron chi connectivity index (χ2n) is 6.45. The lowest BCUT2D eigenvalue weighted by atomic mass is 10.1. The van der Waals surface area contributed by atoms with E-state index in [9.17, 15) is 4.79 Å². The van der Waals surface area contributed by atoms with Crippen LogP contribution in [0.3, 0.4) is 0 Å². The van der Waals surface area contributed by atoms with Crippen LogP contribution in [0.4, 0.5) is 0 Å². The second-order valence-corrected chi connectivity index (χ2v) is 8.26. The average molecular weight is 475 g/mol. The van der Waals surface area contributed by atoms with Crippen LogP contribution in [0.2, 0.25) is 0 Å². The molecule has 29 heavy (non-hydrogen) atoms. The largest absolute Gasteiger partial charge is 0.496 e. The summed E-state index contributed by atoms with van der Waals surface area (Å²) in [5, 5.41) is 0.620. The van der Waals surface area contributed by atoms with Crippen molar-refractivity contribution in [3.63, 3.8) is 0 Å². The van der Waals surface area contributed by atoms with Gasteiger partial charge < -0.3 is 14.5 Å². The van der Waals surface area contributed by atoms with Crippen molar-refractivity contribution in [1.82, 2.24) is 9.97 Å². The Bertz CT molecular complexity index is 1040. The highest BCUT2D eigenvalue weighted by Crippen LogP contribution is 2.28. The Balaban J connectivity index is 1.70. The molecule has 0 aliphatic rings. The lowest BCUT2D eigenvalue weighted by Gasteiger charge is -2.09. The Kier molecular flexibility index (Phi) is 7.39. The minimum absolute atomic E-state index is 0.0928. The molecule has 0 bridgehead atoms. The van der Waals surface area contributed by atoms with Gasteiger partial charge in [-0.25, -0.2) is 4.98 Å².